The van der Waals surface area contributed by atoms with Crippen molar-refractivity contribution in [2.24, 2.45) is 11.3 Å². The molecule has 100 valence electrons. The second-order valence-corrected chi connectivity index (χ2v) is 6.67. The Kier molecular flexibility index (Phi) is 3.65. The molecule has 0 bridgehead atoms. The molecule has 2 unspecified atom stereocenters. The zero-order valence-corrected chi connectivity index (χ0v) is 11.9. The second-order valence-electron chi connectivity index (χ2n) is 6.67. The van der Waals surface area contributed by atoms with Crippen molar-refractivity contribution in [3.8, 4) is 0 Å². The Hall–Kier alpha value is -1.05. The van der Waals surface area contributed by atoms with Crippen LogP contribution in [0.15, 0.2) is 18.2 Å². The third-order valence-corrected chi connectivity index (χ3v) is 4.01. The van der Waals surface area contributed by atoms with Crippen molar-refractivity contribution in [3.05, 3.63) is 29.6 Å². The molecule has 2 atom stereocenters. The summed E-state index contributed by atoms with van der Waals surface area (Å²) >= 11 is 0. The number of hydrogen-bond donors (Lipinski definition) is 1. The average molecular weight is 249 g/mol. The van der Waals surface area contributed by atoms with E-state index in [1.165, 1.54) is 18.9 Å². The fourth-order valence-corrected chi connectivity index (χ4v) is 3.44. The van der Waals surface area contributed by atoms with Crippen LogP contribution < -0.4 is 5.32 Å². The van der Waals surface area contributed by atoms with Gasteiger partial charge in [0.1, 0.15) is 5.82 Å². The number of hydrogen-bond acceptors (Lipinski definition) is 1. The molecule has 0 amide bonds. The normalized spacial score (nSPS) is 26.9. The van der Waals surface area contributed by atoms with Crippen molar-refractivity contribution < 1.29 is 4.39 Å². The van der Waals surface area contributed by atoms with E-state index in [0.717, 1.165) is 23.6 Å². The van der Waals surface area contributed by atoms with Gasteiger partial charge in [0.25, 0.3) is 0 Å². The van der Waals surface area contributed by atoms with Crippen LogP contribution in [0.3, 0.4) is 0 Å². The highest BCUT2D eigenvalue weighted by molar-refractivity contribution is 5.51. The topological polar surface area (TPSA) is 12.0 Å². The van der Waals surface area contributed by atoms with E-state index in [4.69, 9.17) is 0 Å². The van der Waals surface area contributed by atoms with Crippen molar-refractivity contribution in [2.75, 3.05) is 5.32 Å². The molecule has 1 N–H and O–H groups in total. The van der Waals surface area contributed by atoms with E-state index >= 15 is 0 Å². The summed E-state index contributed by atoms with van der Waals surface area (Å²) in [6.45, 7) is 8.81. The lowest BCUT2D eigenvalue weighted by Gasteiger charge is -2.39. The molecule has 0 aliphatic heterocycles. The SMILES string of the molecule is Cc1c(F)cccc1NC1CC(C)CC(C)(C)C1. The van der Waals surface area contributed by atoms with E-state index < -0.39 is 0 Å². The van der Waals surface area contributed by atoms with Gasteiger partial charge in [0.05, 0.1) is 0 Å². The molecule has 1 nitrogen and oxygen atoms in total. The summed E-state index contributed by atoms with van der Waals surface area (Å²) in [5, 5.41) is 3.54. The van der Waals surface area contributed by atoms with Crippen LogP contribution >= 0.6 is 0 Å². The molecule has 0 heterocycles. The predicted molar refractivity (Wildman–Crippen MR) is 75.3 cm³/mol. The number of halogens is 1. The van der Waals surface area contributed by atoms with Gasteiger partial charge >= 0.3 is 0 Å². The Balaban J connectivity index is 2.11. The van der Waals surface area contributed by atoms with Crippen molar-refractivity contribution >= 4 is 5.69 Å². The van der Waals surface area contributed by atoms with E-state index in [-0.39, 0.29) is 5.82 Å². The fourth-order valence-electron chi connectivity index (χ4n) is 3.44. The van der Waals surface area contributed by atoms with E-state index in [1.807, 2.05) is 13.0 Å². The van der Waals surface area contributed by atoms with Gasteiger partial charge in [-0.3, -0.25) is 0 Å². The molecule has 1 aliphatic carbocycles. The van der Waals surface area contributed by atoms with E-state index in [9.17, 15) is 4.39 Å². The van der Waals surface area contributed by atoms with Gasteiger partial charge in [-0.2, -0.15) is 0 Å². The molecule has 0 aromatic heterocycles. The zero-order chi connectivity index (χ0) is 13.3. The quantitative estimate of drug-likeness (QED) is 0.796. The van der Waals surface area contributed by atoms with Gasteiger partial charge < -0.3 is 5.32 Å². The lowest BCUT2D eigenvalue weighted by atomic mass is 9.70. The Morgan fingerprint density at radius 3 is 2.67 bits per heavy atom. The molecule has 1 fully saturated rings. The summed E-state index contributed by atoms with van der Waals surface area (Å²) in [5.41, 5.74) is 2.06. The minimum atomic E-state index is -0.122. The third-order valence-electron chi connectivity index (χ3n) is 4.01. The van der Waals surface area contributed by atoms with Gasteiger partial charge in [0.15, 0.2) is 0 Å². The maximum Gasteiger partial charge on any atom is 0.128 e. The van der Waals surface area contributed by atoms with Crippen LogP contribution in [0.4, 0.5) is 10.1 Å². The first-order chi connectivity index (χ1) is 8.37. The highest BCUT2D eigenvalue weighted by atomic mass is 19.1. The summed E-state index contributed by atoms with van der Waals surface area (Å²) in [7, 11) is 0. The lowest BCUT2D eigenvalue weighted by Crippen LogP contribution is -2.35. The van der Waals surface area contributed by atoms with E-state index in [1.54, 1.807) is 6.07 Å². The Labute approximate surface area is 110 Å². The maximum absolute atomic E-state index is 13.5. The van der Waals surface area contributed by atoms with Crippen LogP contribution in [0.25, 0.3) is 0 Å². The number of benzene rings is 1. The largest absolute Gasteiger partial charge is 0.382 e. The van der Waals surface area contributed by atoms with Crippen LogP contribution in [0.1, 0.15) is 45.6 Å². The fraction of sp³-hybridized carbons (Fsp3) is 0.625. The van der Waals surface area contributed by atoms with Gasteiger partial charge in [-0.15, -0.1) is 0 Å². The second kappa shape index (κ2) is 4.91. The molecule has 18 heavy (non-hydrogen) atoms. The Bertz CT molecular complexity index is 425. The molecule has 1 aromatic carbocycles. The minimum absolute atomic E-state index is 0.122. The van der Waals surface area contributed by atoms with Crippen molar-refractivity contribution in [1.82, 2.24) is 0 Å². The molecule has 0 spiro atoms. The van der Waals surface area contributed by atoms with Crippen LogP contribution in [-0.2, 0) is 0 Å². The monoisotopic (exact) mass is 249 g/mol. The number of nitrogens with one attached hydrogen (secondary N) is 1. The van der Waals surface area contributed by atoms with Crippen molar-refractivity contribution in [1.29, 1.82) is 0 Å². The van der Waals surface area contributed by atoms with Crippen molar-refractivity contribution in [3.63, 3.8) is 0 Å². The minimum Gasteiger partial charge on any atom is -0.382 e. The van der Waals surface area contributed by atoms with Gasteiger partial charge in [-0.25, -0.2) is 4.39 Å². The van der Waals surface area contributed by atoms with E-state index in [2.05, 4.69) is 26.1 Å². The first-order valence-corrected chi connectivity index (χ1v) is 6.89. The Morgan fingerprint density at radius 2 is 2.00 bits per heavy atom. The Morgan fingerprint density at radius 1 is 1.28 bits per heavy atom. The van der Waals surface area contributed by atoms with Crippen LogP contribution in [0.2, 0.25) is 0 Å². The highest BCUT2D eigenvalue weighted by Crippen LogP contribution is 2.39. The zero-order valence-electron chi connectivity index (χ0n) is 11.9. The summed E-state index contributed by atoms with van der Waals surface area (Å²) in [6, 6.07) is 5.74. The maximum atomic E-state index is 13.5. The molecule has 1 aromatic rings. The van der Waals surface area contributed by atoms with Gasteiger partial charge in [0.2, 0.25) is 0 Å². The number of rotatable bonds is 2. The molecule has 1 aliphatic rings. The van der Waals surface area contributed by atoms with Gasteiger partial charge in [-0.05, 0) is 49.7 Å². The molecular formula is C16H24FN. The lowest BCUT2D eigenvalue weighted by molar-refractivity contribution is 0.178. The smallest absolute Gasteiger partial charge is 0.128 e. The van der Waals surface area contributed by atoms with Crippen LogP contribution in [-0.4, -0.2) is 6.04 Å². The first-order valence-electron chi connectivity index (χ1n) is 6.89. The first kappa shape index (κ1) is 13.4. The van der Waals surface area contributed by atoms with Crippen LogP contribution in [0, 0.1) is 24.1 Å². The van der Waals surface area contributed by atoms with Crippen molar-refractivity contribution in [2.45, 2.75) is 53.0 Å². The molecule has 2 rings (SSSR count). The molecule has 1 saturated carbocycles. The average Bonchev–Trinajstić information content (AvgIpc) is 2.22. The molecule has 0 saturated heterocycles. The van der Waals surface area contributed by atoms with Crippen LogP contribution in [0.5, 0.6) is 0 Å². The van der Waals surface area contributed by atoms with Gasteiger partial charge in [0, 0.05) is 17.3 Å². The summed E-state index contributed by atoms with van der Waals surface area (Å²) < 4.78 is 13.5. The van der Waals surface area contributed by atoms with Gasteiger partial charge in [-0.1, -0.05) is 26.8 Å². The summed E-state index contributed by atoms with van der Waals surface area (Å²) in [5.74, 6) is 0.614. The standard InChI is InChI=1S/C16H24FN/c1-11-8-13(10-16(3,4)9-11)18-15-7-5-6-14(17)12(15)2/h5-7,11,13,18H,8-10H2,1-4H3. The summed E-state index contributed by atoms with van der Waals surface area (Å²) in [6.07, 6.45) is 3.62. The molecule has 2 heteroatoms. The van der Waals surface area contributed by atoms with E-state index in [0.29, 0.717) is 11.5 Å². The molecular weight excluding hydrogens is 225 g/mol. The molecule has 0 radical (unpaired) electrons. The highest BCUT2D eigenvalue weighted by Gasteiger charge is 2.32. The number of anilines is 1. The predicted octanol–water partition coefficient (Wildman–Crippen LogP) is 4.76. The third kappa shape index (κ3) is 3.04. The summed E-state index contributed by atoms with van der Waals surface area (Å²) in [4.78, 5) is 0.